The maximum Gasteiger partial charge on any atom is 0.315 e. The average molecular weight is 236 g/mol. The molecule has 2 amide bonds. The topological polar surface area (TPSA) is 54.3 Å². The fourth-order valence-electron chi connectivity index (χ4n) is 2.33. The van der Waals surface area contributed by atoms with Gasteiger partial charge >= 0.3 is 6.03 Å². The molecule has 1 aromatic rings. The number of amides is 2. The molecular weight excluding hydrogens is 216 g/mol. The molecule has 4 heteroatoms. The van der Waals surface area contributed by atoms with Crippen LogP contribution in [0.15, 0.2) is 22.8 Å². The minimum Gasteiger partial charge on any atom is -0.467 e. The number of hydrogen-bond donors (Lipinski definition) is 2. The molecule has 2 unspecified atom stereocenters. The van der Waals surface area contributed by atoms with Crippen LogP contribution in [0.3, 0.4) is 0 Å². The van der Waals surface area contributed by atoms with Gasteiger partial charge in [0.15, 0.2) is 0 Å². The van der Waals surface area contributed by atoms with Gasteiger partial charge in [-0.1, -0.05) is 19.8 Å². The fraction of sp³-hybridized carbons (Fsp3) is 0.615. The van der Waals surface area contributed by atoms with Crippen LogP contribution in [0.2, 0.25) is 0 Å². The molecule has 0 spiro atoms. The standard InChI is InChI=1S/C13H20N2O2/c1-10-5-2-3-7-12(10)15-13(16)14-9-11-6-4-8-17-11/h4,6,8,10,12H,2-3,5,7,9H2,1H3,(H2,14,15,16). The van der Waals surface area contributed by atoms with Crippen molar-refractivity contribution >= 4 is 6.03 Å². The second-order valence-electron chi connectivity index (χ2n) is 4.77. The van der Waals surface area contributed by atoms with Crippen molar-refractivity contribution in [1.29, 1.82) is 0 Å². The average Bonchev–Trinajstić information content (AvgIpc) is 2.82. The molecule has 2 atom stereocenters. The molecule has 1 aromatic heterocycles. The van der Waals surface area contributed by atoms with E-state index >= 15 is 0 Å². The van der Waals surface area contributed by atoms with Gasteiger partial charge in [-0.2, -0.15) is 0 Å². The van der Waals surface area contributed by atoms with Crippen LogP contribution in [-0.4, -0.2) is 12.1 Å². The van der Waals surface area contributed by atoms with Gasteiger partial charge < -0.3 is 15.1 Å². The van der Waals surface area contributed by atoms with E-state index in [1.807, 2.05) is 12.1 Å². The van der Waals surface area contributed by atoms with Crippen molar-refractivity contribution in [3.63, 3.8) is 0 Å². The first kappa shape index (κ1) is 12.0. The van der Waals surface area contributed by atoms with Gasteiger partial charge in [0.2, 0.25) is 0 Å². The van der Waals surface area contributed by atoms with Crippen molar-refractivity contribution in [2.45, 2.75) is 45.2 Å². The molecule has 0 saturated heterocycles. The van der Waals surface area contributed by atoms with E-state index in [9.17, 15) is 4.79 Å². The molecule has 0 aromatic carbocycles. The lowest BCUT2D eigenvalue weighted by Gasteiger charge is -2.29. The van der Waals surface area contributed by atoms with E-state index in [0.29, 0.717) is 18.5 Å². The van der Waals surface area contributed by atoms with E-state index in [0.717, 1.165) is 12.2 Å². The summed E-state index contributed by atoms with van der Waals surface area (Å²) in [6, 6.07) is 3.89. The molecule has 94 valence electrons. The van der Waals surface area contributed by atoms with Crippen molar-refractivity contribution in [1.82, 2.24) is 10.6 Å². The zero-order valence-corrected chi connectivity index (χ0v) is 10.2. The van der Waals surface area contributed by atoms with Crippen molar-refractivity contribution in [2.75, 3.05) is 0 Å². The maximum atomic E-state index is 11.7. The van der Waals surface area contributed by atoms with E-state index in [1.165, 1.54) is 19.3 Å². The summed E-state index contributed by atoms with van der Waals surface area (Å²) < 4.78 is 5.15. The predicted molar refractivity (Wildman–Crippen MR) is 65.5 cm³/mol. The Morgan fingerprint density at radius 3 is 3.00 bits per heavy atom. The first-order valence-electron chi connectivity index (χ1n) is 6.32. The molecule has 1 fully saturated rings. The van der Waals surface area contributed by atoms with Gasteiger partial charge in [0.1, 0.15) is 5.76 Å². The molecule has 2 N–H and O–H groups in total. The Morgan fingerprint density at radius 1 is 1.47 bits per heavy atom. The van der Waals surface area contributed by atoms with Crippen molar-refractivity contribution in [3.8, 4) is 0 Å². The number of rotatable bonds is 3. The number of nitrogens with one attached hydrogen (secondary N) is 2. The van der Waals surface area contributed by atoms with Crippen molar-refractivity contribution in [2.24, 2.45) is 5.92 Å². The van der Waals surface area contributed by atoms with Crippen molar-refractivity contribution < 1.29 is 9.21 Å². The summed E-state index contributed by atoms with van der Waals surface area (Å²) in [5.41, 5.74) is 0. The first-order chi connectivity index (χ1) is 8.25. The Labute approximate surface area is 102 Å². The maximum absolute atomic E-state index is 11.7. The SMILES string of the molecule is CC1CCCCC1NC(=O)NCc1ccco1. The molecule has 1 heterocycles. The Bertz CT molecular complexity index is 348. The zero-order valence-electron chi connectivity index (χ0n) is 10.2. The lowest BCUT2D eigenvalue weighted by molar-refractivity contribution is 0.220. The minimum atomic E-state index is -0.0971. The third-order valence-corrected chi connectivity index (χ3v) is 3.43. The fourth-order valence-corrected chi connectivity index (χ4v) is 2.33. The highest BCUT2D eigenvalue weighted by Gasteiger charge is 2.22. The number of hydrogen-bond acceptors (Lipinski definition) is 2. The first-order valence-corrected chi connectivity index (χ1v) is 6.32. The van der Waals surface area contributed by atoms with E-state index < -0.39 is 0 Å². The van der Waals surface area contributed by atoms with Gasteiger partial charge in [0, 0.05) is 6.04 Å². The number of carbonyl (C=O) groups excluding carboxylic acids is 1. The number of urea groups is 1. The summed E-state index contributed by atoms with van der Waals surface area (Å²) in [7, 11) is 0. The van der Waals surface area contributed by atoms with E-state index in [2.05, 4.69) is 17.6 Å². The quantitative estimate of drug-likeness (QED) is 0.847. The van der Waals surface area contributed by atoms with Gasteiger partial charge in [-0.25, -0.2) is 4.79 Å². The largest absolute Gasteiger partial charge is 0.467 e. The molecule has 0 aliphatic heterocycles. The van der Waals surface area contributed by atoms with Gasteiger partial charge in [0.05, 0.1) is 12.8 Å². The Kier molecular flexibility index (Phi) is 4.07. The summed E-state index contributed by atoms with van der Waals surface area (Å²) in [6.07, 6.45) is 6.41. The summed E-state index contributed by atoms with van der Waals surface area (Å²) in [5.74, 6) is 1.36. The third-order valence-electron chi connectivity index (χ3n) is 3.43. The lowest BCUT2D eigenvalue weighted by atomic mass is 9.86. The van der Waals surface area contributed by atoms with Crippen LogP contribution in [0.25, 0.3) is 0 Å². The van der Waals surface area contributed by atoms with Crippen molar-refractivity contribution in [3.05, 3.63) is 24.2 Å². The van der Waals surface area contributed by atoms with Crippen LogP contribution in [0.4, 0.5) is 4.79 Å². The van der Waals surface area contributed by atoms with Gasteiger partial charge in [-0.05, 0) is 30.9 Å². The van der Waals surface area contributed by atoms with Crippen LogP contribution >= 0.6 is 0 Å². The van der Waals surface area contributed by atoms with Crippen LogP contribution in [0, 0.1) is 5.92 Å². The Balaban J connectivity index is 1.73. The molecule has 1 aliphatic carbocycles. The highest BCUT2D eigenvalue weighted by Crippen LogP contribution is 2.23. The Morgan fingerprint density at radius 2 is 2.29 bits per heavy atom. The molecular formula is C13H20N2O2. The summed E-state index contributed by atoms with van der Waals surface area (Å²) in [4.78, 5) is 11.7. The molecule has 17 heavy (non-hydrogen) atoms. The summed E-state index contributed by atoms with van der Waals surface area (Å²) >= 11 is 0. The monoisotopic (exact) mass is 236 g/mol. The smallest absolute Gasteiger partial charge is 0.315 e. The third kappa shape index (κ3) is 3.51. The second-order valence-corrected chi connectivity index (χ2v) is 4.77. The summed E-state index contributed by atoms with van der Waals surface area (Å²) in [5, 5.41) is 5.85. The lowest BCUT2D eigenvalue weighted by Crippen LogP contribution is -2.45. The van der Waals surface area contributed by atoms with E-state index in [1.54, 1.807) is 6.26 Å². The molecule has 4 nitrogen and oxygen atoms in total. The molecule has 0 radical (unpaired) electrons. The van der Waals surface area contributed by atoms with E-state index in [4.69, 9.17) is 4.42 Å². The predicted octanol–water partition coefficient (Wildman–Crippen LogP) is 2.66. The van der Waals surface area contributed by atoms with Crippen LogP contribution < -0.4 is 10.6 Å². The van der Waals surface area contributed by atoms with Crippen LogP contribution in [0.5, 0.6) is 0 Å². The van der Waals surface area contributed by atoms with Crippen LogP contribution in [-0.2, 0) is 6.54 Å². The minimum absolute atomic E-state index is 0.0971. The number of carbonyl (C=O) groups is 1. The highest BCUT2D eigenvalue weighted by molar-refractivity contribution is 5.74. The molecule has 0 bridgehead atoms. The van der Waals surface area contributed by atoms with Gasteiger partial charge in [-0.15, -0.1) is 0 Å². The molecule has 1 saturated carbocycles. The highest BCUT2D eigenvalue weighted by atomic mass is 16.3. The van der Waals surface area contributed by atoms with E-state index in [-0.39, 0.29) is 6.03 Å². The molecule has 1 aliphatic rings. The molecule has 2 rings (SSSR count). The summed E-state index contributed by atoms with van der Waals surface area (Å²) in [6.45, 7) is 2.65. The number of furan rings is 1. The zero-order chi connectivity index (χ0) is 12.1. The Hall–Kier alpha value is -1.45. The normalized spacial score (nSPS) is 24.3. The van der Waals surface area contributed by atoms with Gasteiger partial charge in [-0.3, -0.25) is 0 Å². The van der Waals surface area contributed by atoms with Gasteiger partial charge in [0.25, 0.3) is 0 Å². The van der Waals surface area contributed by atoms with Crippen LogP contribution in [0.1, 0.15) is 38.4 Å². The second kappa shape index (κ2) is 5.75.